The van der Waals surface area contributed by atoms with Crippen LogP contribution in [0.2, 0.25) is 0 Å². The number of nitrogens with two attached hydrogens (primary N) is 2. The van der Waals surface area contributed by atoms with Gasteiger partial charge >= 0.3 is 0 Å². The molecule has 1 saturated heterocycles. The molecule has 0 saturated carbocycles. The number of halogens is 1. The SMILES string of the molecule is CCCC(N)C(=O)Nc1cc(C(N)=O)ccc1N1CCCC1.Cl. The zero-order chi connectivity index (χ0) is 16.1. The van der Waals surface area contributed by atoms with E-state index in [1.807, 2.05) is 13.0 Å². The van der Waals surface area contributed by atoms with Crippen LogP contribution in [-0.4, -0.2) is 30.9 Å². The van der Waals surface area contributed by atoms with Gasteiger partial charge in [0.1, 0.15) is 0 Å². The van der Waals surface area contributed by atoms with Crippen molar-refractivity contribution in [3.63, 3.8) is 0 Å². The largest absolute Gasteiger partial charge is 0.370 e. The van der Waals surface area contributed by atoms with Crippen LogP contribution in [0.25, 0.3) is 0 Å². The lowest BCUT2D eigenvalue weighted by Gasteiger charge is -2.23. The van der Waals surface area contributed by atoms with Crippen molar-refractivity contribution in [3.05, 3.63) is 23.8 Å². The minimum Gasteiger partial charge on any atom is -0.370 e. The van der Waals surface area contributed by atoms with Crippen LogP contribution < -0.4 is 21.7 Å². The van der Waals surface area contributed by atoms with Crippen LogP contribution >= 0.6 is 12.4 Å². The summed E-state index contributed by atoms with van der Waals surface area (Å²) in [6.45, 7) is 3.87. The third-order valence-electron chi connectivity index (χ3n) is 3.92. The summed E-state index contributed by atoms with van der Waals surface area (Å²) in [4.78, 5) is 25.8. The van der Waals surface area contributed by atoms with E-state index in [4.69, 9.17) is 11.5 Å². The highest BCUT2D eigenvalue weighted by atomic mass is 35.5. The Hall–Kier alpha value is -1.79. The van der Waals surface area contributed by atoms with Crippen molar-refractivity contribution in [2.24, 2.45) is 11.5 Å². The van der Waals surface area contributed by atoms with E-state index in [1.54, 1.807) is 12.1 Å². The minimum absolute atomic E-state index is 0. The molecule has 7 heteroatoms. The molecule has 6 nitrogen and oxygen atoms in total. The van der Waals surface area contributed by atoms with Crippen LogP contribution in [0.5, 0.6) is 0 Å². The van der Waals surface area contributed by atoms with E-state index in [2.05, 4.69) is 10.2 Å². The molecule has 1 atom stereocenters. The van der Waals surface area contributed by atoms with Gasteiger partial charge in [-0.3, -0.25) is 9.59 Å². The van der Waals surface area contributed by atoms with Crippen LogP contribution in [0.4, 0.5) is 11.4 Å². The molecule has 2 amide bonds. The van der Waals surface area contributed by atoms with Crippen LogP contribution in [0.1, 0.15) is 43.0 Å². The van der Waals surface area contributed by atoms with Crippen LogP contribution in [0, 0.1) is 0 Å². The van der Waals surface area contributed by atoms with Gasteiger partial charge in [-0.2, -0.15) is 0 Å². The van der Waals surface area contributed by atoms with Gasteiger partial charge in [0.25, 0.3) is 0 Å². The highest BCUT2D eigenvalue weighted by Crippen LogP contribution is 2.30. The molecule has 1 heterocycles. The quantitative estimate of drug-likeness (QED) is 0.735. The number of benzene rings is 1. The Morgan fingerprint density at radius 1 is 1.30 bits per heavy atom. The first-order chi connectivity index (χ1) is 10.5. The molecule has 0 bridgehead atoms. The van der Waals surface area contributed by atoms with Crippen molar-refractivity contribution in [1.29, 1.82) is 0 Å². The molecule has 5 N–H and O–H groups in total. The lowest BCUT2D eigenvalue weighted by Crippen LogP contribution is -2.36. The molecule has 1 unspecified atom stereocenters. The van der Waals surface area contributed by atoms with Gasteiger partial charge in [-0.25, -0.2) is 0 Å². The molecule has 0 spiro atoms. The number of carbonyl (C=O) groups excluding carboxylic acids is 2. The van der Waals surface area contributed by atoms with Gasteiger partial charge in [-0.15, -0.1) is 12.4 Å². The van der Waals surface area contributed by atoms with Gasteiger partial charge < -0.3 is 21.7 Å². The second-order valence-electron chi connectivity index (χ2n) is 5.67. The van der Waals surface area contributed by atoms with Gasteiger partial charge in [-0.1, -0.05) is 13.3 Å². The smallest absolute Gasteiger partial charge is 0.248 e. The number of hydrogen-bond donors (Lipinski definition) is 3. The summed E-state index contributed by atoms with van der Waals surface area (Å²) in [5.41, 5.74) is 13.1. The van der Waals surface area contributed by atoms with Gasteiger partial charge in [0, 0.05) is 18.7 Å². The molecule has 2 rings (SSSR count). The molecule has 128 valence electrons. The summed E-state index contributed by atoms with van der Waals surface area (Å²) in [6.07, 6.45) is 3.72. The molecule has 1 aromatic carbocycles. The number of amides is 2. The molecular formula is C16H25ClN4O2. The van der Waals surface area contributed by atoms with Crippen molar-refractivity contribution >= 4 is 35.6 Å². The molecule has 1 aromatic rings. The molecule has 23 heavy (non-hydrogen) atoms. The van der Waals surface area contributed by atoms with E-state index in [9.17, 15) is 9.59 Å². The summed E-state index contributed by atoms with van der Waals surface area (Å²) in [6, 6.07) is 4.62. The first kappa shape index (κ1) is 19.3. The van der Waals surface area contributed by atoms with Crippen LogP contribution in [0.15, 0.2) is 18.2 Å². The van der Waals surface area contributed by atoms with Gasteiger partial charge in [-0.05, 0) is 37.5 Å². The van der Waals surface area contributed by atoms with E-state index in [0.29, 0.717) is 17.7 Å². The highest BCUT2D eigenvalue weighted by Gasteiger charge is 2.20. The van der Waals surface area contributed by atoms with Crippen molar-refractivity contribution in [2.75, 3.05) is 23.3 Å². The lowest BCUT2D eigenvalue weighted by atomic mass is 10.1. The van der Waals surface area contributed by atoms with Gasteiger partial charge in [0.15, 0.2) is 0 Å². The summed E-state index contributed by atoms with van der Waals surface area (Å²) >= 11 is 0. The zero-order valence-electron chi connectivity index (χ0n) is 13.4. The van der Waals surface area contributed by atoms with Crippen molar-refractivity contribution < 1.29 is 9.59 Å². The maximum Gasteiger partial charge on any atom is 0.248 e. The number of hydrogen-bond acceptors (Lipinski definition) is 4. The van der Waals surface area contributed by atoms with Crippen molar-refractivity contribution in [2.45, 2.75) is 38.6 Å². The highest BCUT2D eigenvalue weighted by molar-refractivity contribution is 6.01. The summed E-state index contributed by atoms with van der Waals surface area (Å²) in [5.74, 6) is -0.745. The van der Waals surface area contributed by atoms with Crippen LogP contribution in [-0.2, 0) is 4.79 Å². The number of nitrogens with zero attached hydrogens (tertiary/aromatic N) is 1. The third-order valence-corrected chi connectivity index (χ3v) is 3.92. The summed E-state index contributed by atoms with van der Waals surface area (Å²) in [5, 5.41) is 2.85. The third kappa shape index (κ3) is 4.84. The Kier molecular flexibility index (Phi) is 7.32. The predicted molar refractivity (Wildman–Crippen MR) is 95.2 cm³/mol. The Labute approximate surface area is 143 Å². The zero-order valence-corrected chi connectivity index (χ0v) is 14.2. The number of carbonyl (C=O) groups is 2. The number of primary amides is 1. The monoisotopic (exact) mass is 340 g/mol. The Balaban J connectivity index is 0.00000264. The van der Waals surface area contributed by atoms with Crippen molar-refractivity contribution in [1.82, 2.24) is 0 Å². The topological polar surface area (TPSA) is 101 Å². The average Bonchev–Trinajstić information content (AvgIpc) is 3.01. The van der Waals surface area contributed by atoms with Gasteiger partial charge in [0.05, 0.1) is 17.4 Å². The van der Waals surface area contributed by atoms with E-state index in [-0.39, 0.29) is 18.3 Å². The molecule has 1 aliphatic heterocycles. The predicted octanol–water partition coefficient (Wildman–Crippen LogP) is 1.87. The normalized spacial score (nSPS) is 15.0. The van der Waals surface area contributed by atoms with Crippen molar-refractivity contribution in [3.8, 4) is 0 Å². The number of nitrogens with one attached hydrogen (secondary N) is 1. The molecule has 1 fully saturated rings. The summed E-state index contributed by atoms with van der Waals surface area (Å²) < 4.78 is 0. The van der Waals surface area contributed by atoms with E-state index in [0.717, 1.165) is 38.0 Å². The first-order valence-electron chi connectivity index (χ1n) is 7.78. The molecule has 0 aromatic heterocycles. The Morgan fingerprint density at radius 3 is 2.52 bits per heavy atom. The fourth-order valence-electron chi connectivity index (χ4n) is 2.69. The molecule has 0 aliphatic carbocycles. The average molecular weight is 341 g/mol. The fraction of sp³-hybridized carbons (Fsp3) is 0.500. The molecule has 0 radical (unpaired) electrons. The maximum absolute atomic E-state index is 12.2. The Bertz CT molecular complexity index is 559. The number of rotatable bonds is 6. The maximum atomic E-state index is 12.2. The van der Waals surface area contributed by atoms with E-state index < -0.39 is 11.9 Å². The minimum atomic E-state index is -0.548. The molecule has 1 aliphatic rings. The second kappa shape index (κ2) is 8.74. The van der Waals surface area contributed by atoms with Gasteiger partial charge in [0.2, 0.25) is 11.8 Å². The second-order valence-corrected chi connectivity index (χ2v) is 5.67. The van der Waals surface area contributed by atoms with E-state index >= 15 is 0 Å². The van der Waals surface area contributed by atoms with Crippen LogP contribution in [0.3, 0.4) is 0 Å². The lowest BCUT2D eigenvalue weighted by molar-refractivity contribution is -0.117. The Morgan fingerprint density at radius 2 is 1.96 bits per heavy atom. The molecular weight excluding hydrogens is 316 g/mol. The number of anilines is 2. The first-order valence-corrected chi connectivity index (χ1v) is 7.78. The fourth-order valence-corrected chi connectivity index (χ4v) is 2.69. The standard InChI is InChI=1S/C16H24N4O2.ClH/c1-2-5-12(17)16(22)19-13-10-11(15(18)21)6-7-14(13)20-8-3-4-9-20;/h6-7,10,12H,2-5,8-9,17H2,1H3,(H2,18,21)(H,19,22);1H. The summed E-state index contributed by atoms with van der Waals surface area (Å²) in [7, 11) is 0. The van der Waals surface area contributed by atoms with E-state index in [1.165, 1.54) is 0 Å².